The molecule has 21 heavy (non-hydrogen) atoms. The molecule has 1 N–H and O–H groups in total. The van der Waals surface area contributed by atoms with Crippen LogP contribution in [0.5, 0.6) is 0 Å². The van der Waals surface area contributed by atoms with Gasteiger partial charge in [0.2, 0.25) is 0 Å². The van der Waals surface area contributed by atoms with E-state index in [4.69, 9.17) is 5.11 Å². The quantitative estimate of drug-likeness (QED) is 0.868. The first-order valence-electron chi connectivity index (χ1n) is 7.66. The zero-order valence-electron chi connectivity index (χ0n) is 12.2. The molecule has 0 aromatic carbocycles. The lowest BCUT2D eigenvalue weighted by atomic mass is 10.2. The second-order valence-corrected chi connectivity index (χ2v) is 6.89. The SMILES string of the molecule is O=C(O)C=Cc1ccsc1CN1CCCN2CCCC2C1. The topological polar surface area (TPSA) is 43.8 Å². The van der Waals surface area contributed by atoms with Crippen molar-refractivity contribution in [3.8, 4) is 0 Å². The Morgan fingerprint density at radius 1 is 1.38 bits per heavy atom. The summed E-state index contributed by atoms with van der Waals surface area (Å²) in [7, 11) is 0. The Bertz CT molecular complexity index is 526. The number of hydrogen-bond acceptors (Lipinski definition) is 4. The van der Waals surface area contributed by atoms with Gasteiger partial charge in [0.25, 0.3) is 0 Å². The summed E-state index contributed by atoms with van der Waals surface area (Å²) in [6, 6.07) is 2.74. The van der Waals surface area contributed by atoms with E-state index in [-0.39, 0.29) is 0 Å². The van der Waals surface area contributed by atoms with Crippen LogP contribution in [0.25, 0.3) is 6.08 Å². The smallest absolute Gasteiger partial charge is 0.328 e. The standard InChI is InChI=1S/C16H22N2O2S/c19-16(20)5-4-13-6-10-21-15(13)12-17-7-2-9-18-8-1-3-14(18)11-17/h4-6,10,14H,1-3,7-9,11-12H2,(H,19,20). The molecule has 0 amide bonds. The molecule has 1 atom stereocenters. The van der Waals surface area contributed by atoms with Crippen molar-refractivity contribution in [1.82, 2.24) is 9.80 Å². The molecule has 2 saturated heterocycles. The average Bonchev–Trinajstić information content (AvgIpc) is 3.02. The van der Waals surface area contributed by atoms with Gasteiger partial charge < -0.3 is 5.11 Å². The van der Waals surface area contributed by atoms with E-state index in [0.29, 0.717) is 0 Å². The normalized spacial score (nSPS) is 24.3. The van der Waals surface area contributed by atoms with Gasteiger partial charge in [0.1, 0.15) is 0 Å². The summed E-state index contributed by atoms with van der Waals surface area (Å²) >= 11 is 1.73. The molecule has 0 radical (unpaired) electrons. The molecule has 1 unspecified atom stereocenters. The van der Waals surface area contributed by atoms with Crippen molar-refractivity contribution >= 4 is 23.4 Å². The average molecular weight is 306 g/mol. The van der Waals surface area contributed by atoms with Gasteiger partial charge >= 0.3 is 5.97 Å². The molecule has 2 aliphatic rings. The van der Waals surface area contributed by atoms with E-state index in [1.54, 1.807) is 17.4 Å². The highest BCUT2D eigenvalue weighted by molar-refractivity contribution is 7.10. The Labute approximate surface area is 129 Å². The third-order valence-corrected chi connectivity index (χ3v) is 5.36. The molecular weight excluding hydrogens is 284 g/mol. The summed E-state index contributed by atoms with van der Waals surface area (Å²) in [5.74, 6) is -0.886. The van der Waals surface area contributed by atoms with E-state index in [0.717, 1.165) is 31.2 Å². The molecule has 114 valence electrons. The zero-order valence-corrected chi connectivity index (χ0v) is 13.0. The van der Waals surface area contributed by atoms with E-state index in [1.165, 1.54) is 43.3 Å². The highest BCUT2D eigenvalue weighted by Gasteiger charge is 2.28. The monoisotopic (exact) mass is 306 g/mol. The summed E-state index contributed by atoms with van der Waals surface area (Å²) in [4.78, 5) is 17.1. The second-order valence-electron chi connectivity index (χ2n) is 5.89. The molecule has 0 saturated carbocycles. The van der Waals surface area contributed by atoms with Gasteiger partial charge in [-0.2, -0.15) is 0 Å². The lowest BCUT2D eigenvalue weighted by molar-refractivity contribution is -0.131. The van der Waals surface area contributed by atoms with E-state index in [1.807, 2.05) is 6.07 Å². The number of thiophene rings is 1. The number of hydrogen-bond donors (Lipinski definition) is 1. The molecule has 0 bridgehead atoms. The molecule has 2 aliphatic heterocycles. The maximum atomic E-state index is 10.7. The molecular formula is C16H22N2O2S. The minimum absolute atomic E-state index is 0.727. The summed E-state index contributed by atoms with van der Waals surface area (Å²) in [5, 5.41) is 10.8. The molecule has 4 nitrogen and oxygen atoms in total. The predicted molar refractivity (Wildman–Crippen MR) is 85.5 cm³/mol. The lowest BCUT2D eigenvalue weighted by Gasteiger charge is -2.25. The van der Waals surface area contributed by atoms with Gasteiger partial charge in [0.05, 0.1) is 0 Å². The molecule has 0 aliphatic carbocycles. The van der Waals surface area contributed by atoms with Crippen molar-refractivity contribution in [2.24, 2.45) is 0 Å². The predicted octanol–water partition coefficient (Wildman–Crippen LogP) is 2.52. The molecule has 3 rings (SSSR count). The number of aliphatic carboxylic acids is 1. The maximum absolute atomic E-state index is 10.7. The molecule has 1 aromatic rings. The molecule has 0 spiro atoms. The Kier molecular flexibility index (Phi) is 4.73. The van der Waals surface area contributed by atoms with Crippen LogP contribution in [-0.2, 0) is 11.3 Å². The van der Waals surface area contributed by atoms with Gasteiger partial charge in [-0.05, 0) is 62.0 Å². The van der Waals surface area contributed by atoms with E-state index in [9.17, 15) is 4.79 Å². The molecule has 2 fully saturated rings. The minimum atomic E-state index is -0.886. The fraction of sp³-hybridized carbons (Fsp3) is 0.562. The lowest BCUT2D eigenvalue weighted by Crippen LogP contribution is -2.36. The van der Waals surface area contributed by atoms with E-state index >= 15 is 0 Å². The summed E-state index contributed by atoms with van der Waals surface area (Å²) in [6.45, 7) is 5.75. The van der Waals surface area contributed by atoms with Crippen molar-refractivity contribution in [2.45, 2.75) is 31.8 Å². The van der Waals surface area contributed by atoms with Crippen LogP contribution in [0, 0.1) is 0 Å². The van der Waals surface area contributed by atoms with Crippen molar-refractivity contribution in [2.75, 3.05) is 26.2 Å². The van der Waals surface area contributed by atoms with Crippen LogP contribution in [0.15, 0.2) is 17.5 Å². The Morgan fingerprint density at radius 3 is 3.10 bits per heavy atom. The third-order valence-electron chi connectivity index (χ3n) is 4.44. The summed E-state index contributed by atoms with van der Waals surface area (Å²) < 4.78 is 0. The number of carboxylic acids is 1. The number of nitrogens with zero attached hydrogens (tertiary/aromatic N) is 2. The van der Waals surface area contributed by atoms with Crippen LogP contribution in [0.1, 0.15) is 29.7 Å². The molecule has 3 heterocycles. The summed E-state index contributed by atoms with van der Waals surface area (Å²) in [6.07, 6.45) is 6.85. The molecule has 1 aromatic heterocycles. The van der Waals surface area contributed by atoms with Crippen molar-refractivity contribution in [3.05, 3.63) is 28.0 Å². The van der Waals surface area contributed by atoms with Gasteiger partial charge in [-0.3, -0.25) is 9.80 Å². The highest BCUT2D eigenvalue weighted by atomic mass is 32.1. The van der Waals surface area contributed by atoms with Crippen LogP contribution in [0.2, 0.25) is 0 Å². The van der Waals surface area contributed by atoms with E-state index < -0.39 is 5.97 Å². The number of carboxylic acid groups (broad SMARTS) is 1. The Hall–Kier alpha value is -1.17. The highest BCUT2D eigenvalue weighted by Crippen LogP contribution is 2.25. The van der Waals surface area contributed by atoms with Gasteiger partial charge in [0.15, 0.2) is 0 Å². The first kappa shape index (κ1) is 14.8. The Morgan fingerprint density at radius 2 is 2.24 bits per heavy atom. The fourth-order valence-electron chi connectivity index (χ4n) is 3.42. The van der Waals surface area contributed by atoms with Crippen LogP contribution in [0.4, 0.5) is 0 Å². The fourth-order valence-corrected chi connectivity index (χ4v) is 4.33. The van der Waals surface area contributed by atoms with Gasteiger partial charge in [-0.25, -0.2) is 4.79 Å². The summed E-state index contributed by atoms with van der Waals surface area (Å²) in [5.41, 5.74) is 1.05. The van der Waals surface area contributed by atoms with Gasteiger partial charge in [-0.15, -0.1) is 11.3 Å². The Balaban J connectivity index is 1.66. The first-order valence-corrected chi connectivity index (χ1v) is 8.54. The van der Waals surface area contributed by atoms with E-state index in [2.05, 4.69) is 15.2 Å². The number of carbonyl (C=O) groups is 1. The minimum Gasteiger partial charge on any atom is -0.478 e. The largest absolute Gasteiger partial charge is 0.478 e. The van der Waals surface area contributed by atoms with Crippen LogP contribution in [-0.4, -0.2) is 53.1 Å². The van der Waals surface area contributed by atoms with Gasteiger partial charge in [0, 0.05) is 30.1 Å². The van der Waals surface area contributed by atoms with Gasteiger partial charge in [-0.1, -0.05) is 0 Å². The number of rotatable bonds is 4. The maximum Gasteiger partial charge on any atom is 0.328 e. The molecule has 5 heteroatoms. The first-order chi connectivity index (χ1) is 10.2. The number of fused-ring (bicyclic) bond motifs is 1. The van der Waals surface area contributed by atoms with Crippen molar-refractivity contribution in [3.63, 3.8) is 0 Å². The van der Waals surface area contributed by atoms with Crippen LogP contribution >= 0.6 is 11.3 Å². The van der Waals surface area contributed by atoms with Crippen molar-refractivity contribution < 1.29 is 9.90 Å². The zero-order chi connectivity index (χ0) is 14.7. The van der Waals surface area contributed by atoms with Crippen LogP contribution < -0.4 is 0 Å². The van der Waals surface area contributed by atoms with Crippen LogP contribution in [0.3, 0.4) is 0 Å². The second kappa shape index (κ2) is 6.73. The van der Waals surface area contributed by atoms with Crippen molar-refractivity contribution in [1.29, 1.82) is 0 Å². The third kappa shape index (κ3) is 3.73.